The number of esters is 1. The number of furan rings is 1. The second-order valence-corrected chi connectivity index (χ2v) is 8.22. The zero-order valence-electron chi connectivity index (χ0n) is 17.5. The molecule has 0 atom stereocenters. The molecule has 33 heavy (non-hydrogen) atoms. The Bertz CT molecular complexity index is 1410. The van der Waals surface area contributed by atoms with E-state index < -0.39 is 5.97 Å². The van der Waals surface area contributed by atoms with Crippen LogP contribution in [0.2, 0.25) is 0 Å². The van der Waals surface area contributed by atoms with Gasteiger partial charge in [-0.25, -0.2) is 4.79 Å². The summed E-state index contributed by atoms with van der Waals surface area (Å²) >= 11 is 3.44. The summed E-state index contributed by atoms with van der Waals surface area (Å²) < 4.78 is 29.4. The molecule has 0 amide bonds. The molecule has 8 nitrogen and oxygen atoms in total. The number of fused-ring (bicyclic) bond motifs is 2. The minimum Gasteiger partial charge on any atom is -0.483 e. The first kappa shape index (κ1) is 21.1. The third kappa shape index (κ3) is 3.95. The molecule has 0 N–H and O–H groups in total. The molecular weight excluding hydrogens is 494 g/mol. The second-order valence-electron chi connectivity index (χ2n) is 7.31. The van der Waals surface area contributed by atoms with Gasteiger partial charge in [0.25, 0.3) is 5.56 Å². The van der Waals surface area contributed by atoms with Crippen molar-refractivity contribution in [2.45, 2.75) is 13.2 Å². The number of rotatable bonds is 6. The summed E-state index contributed by atoms with van der Waals surface area (Å²) in [5.74, 6) is 1.32. The van der Waals surface area contributed by atoms with Crippen molar-refractivity contribution in [3.05, 3.63) is 86.6 Å². The molecule has 0 fully saturated rings. The monoisotopic (exact) mass is 511 g/mol. The SMILES string of the molecule is COC(=O)c1c(OCc2ccco2)c2cc(Br)ccc2c(=O)n1Cc1ccc2c(c1)OCO2. The van der Waals surface area contributed by atoms with Crippen molar-refractivity contribution in [1.82, 2.24) is 4.57 Å². The Morgan fingerprint density at radius 1 is 1.09 bits per heavy atom. The first-order valence-electron chi connectivity index (χ1n) is 10.0. The van der Waals surface area contributed by atoms with E-state index in [0.29, 0.717) is 28.0 Å². The lowest BCUT2D eigenvalue weighted by molar-refractivity contribution is 0.0581. The topological polar surface area (TPSA) is 89.1 Å². The van der Waals surface area contributed by atoms with Gasteiger partial charge >= 0.3 is 5.97 Å². The zero-order chi connectivity index (χ0) is 22.9. The van der Waals surface area contributed by atoms with Crippen LogP contribution in [-0.4, -0.2) is 24.4 Å². The molecule has 2 aromatic heterocycles. The molecule has 4 aromatic rings. The number of hydrogen-bond donors (Lipinski definition) is 0. The van der Waals surface area contributed by atoms with Crippen molar-refractivity contribution < 1.29 is 28.2 Å². The minimum atomic E-state index is -0.691. The number of pyridine rings is 1. The number of methoxy groups -OCH3 is 1. The molecule has 9 heteroatoms. The highest BCUT2D eigenvalue weighted by molar-refractivity contribution is 9.10. The largest absolute Gasteiger partial charge is 0.483 e. The quantitative estimate of drug-likeness (QED) is 0.352. The summed E-state index contributed by atoms with van der Waals surface area (Å²) in [6.07, 6.45) is 1.54. The summed E-state index contributed by atoms with van der Waals surface area (Å²) in [7, 11) is 1.26. The van der Waals surface area contributed by atoms with E-state index in [1.54, 1.807) is 42.5 Å². The van der Waals surface area contributed by atoms with Crippen LogP contribution in [0, 0.1) is 0 Å². The van der Waals surface area contributed by atoms with Gasteiger partial charge in [-0.2, -0.15) is 0 Å². The van der Waals surface area contributed by atoms with E-state index in [9.17, 15) is 9.59 Å². The van der Waals surface area contributed by atoms with Gasteiger partial charge in [-0.05, 0) is 48.0 Å². The fourth-order valence-corrected chi connectivity index (χ4v) is 4.11. The van der Waals surface area contributed by atoms with Gasteiger partial charge in [-0.1, -0.05) is 22.0 Å². The fraction of sp³-hybridized carbons (Fsp3) is 0.167. The van der Waals surface area contributed by atoms with Crippen molar-refractivity contribution in [3.63, 3.8) is 0 Å². The minimum absolute atomic E-state index is 0.0114. The number of carbonyl (C=O) groups is 1. The van der Waals surface area contributed by atoms with Crippen LogP contribution >= 0.6 is 15.9 Å². The Kier molecular flexibility index (Phi) is 5.55. The summed E-state index contributed by atoms with van der Waals surface area (Å²) in [5.41, 5.74) is 0.415. The lowest BCUT2D eigenvalue weighted by atomic mass is 10.1. The molecule has 0 aliphatic carbocycles. The highest BCUT2D eigenvalue weighted by atomic mass is 79.9. The van der Waals surface area contributed by atoms with E-state index >= 15 is 0 Å². The molecule has 0 saturated heterocycles. The van der Waals surface area contributed by atoms with Crippen LogP contribution in [0.3, 0.4) is 0 Å². The number of aromatic nitrogens is 1. The molecule has 1 aliphatic rings. The van der Waals surface area contributed by atoms with Gasteiger partial charge in [0, 0.05) is 9.86 Å². The van der Waals surface area contributed by atoms with Crippen LogP contribution in [0.15, 0.2) is 68.5 Å². The van der Waals surface area contributed by atoms with Gasteiger partial charge in [0.15, 0.2) is 22.9 Å². The van der Waals surface area contributed by atoms with Gasteiger partial charge in [-0.3, -0.25) is 9.36 Å². The zero-order valence-corrected chi connectivity index (χ0v) is 19.1. The van der Waals surface area contributed by atoms with Gasteiger partial charge in [-0.15, -0.1) is 0 Å². The molecule has 1 aliphatic heterocycles. The molecule has 168 valence electrons. The van der Waals surface area contributed by atoms with Crippen molar-refractivity contribution >= 4 is 32.7 Å². The van der Waals surface area contributed by atoms with Crippen molar-refractivity contribution in [1.29, 1.82) is 0 Å². The van der Waals surface area contributed by atoms with E-state index in [-0.39, 0.29) is 36.9 Å². The Morgan fingerprint density at radius 3 is 2.73 bits per heavy atom. The Morgan fingerprint density at radius 2 is 1.94 bits per heavy atom. The van der Waals surface area contributed by atoms with Gasteiger partial charge in [0.1, 0.15) is 12.4 Å². The summed E-state index contributed by atoms with van der Waals surface area (Å²) in [6.45, 7) is 0.311. The maximum atomic E-state index is 13.5. The molecule has 3 heterocycles. The number of carbonyl (C=O) groups excluding carboxylic acids is 1. The Hall–Kier alpha value is -3.72. The van der Waals surface area contributed by atoms with E-state index in [4.69, 9.17) is 23.4 Å². The van der Waals surface area contributed by atoms with Crippen LogP contribution < -0.4 is 19.8 Å². The smallest absolute Gasteiger partial charge is 0.358 e. The first-order valence-corrected chi connectivity index (χ1v) is 10.8. The molecular formula is C24H18BrNO7. The third-order valence-electron chi connectivity index (χ3n) is 5.28. The lowest BCUT2D eigenvalue weighted by Crippen LogP contribution is -2.28. The van der Waals surface area contributed by atoms with Crippen LogP contribution in [0.4, 0.5) is 0 Å². The number of benzene rings is 2. The van der Waals surface area contributed by atoms with Crippen LogP contribution in [0.1, 0.15) is 21.8 Å². The van der Waals surface area contributed by atoms with Crippen LogP contribution in [0.25, 0.3) is 10.8 Å². The maximum absolute atomic E-state index is 13.5. The molecule has 0 radical (unpaired) electrons. The van der Waals surface area contributed by atoms with Gasteiger partial charge in [0.2, 0.25) is 6.79 Å². The van der Waals surface area contributed by atoms with Crippen molar-refractivity contribution in [2.75, 3.05) is 13.9 Å². The number of ether oxygens (including phenoxy) is 4. The van der Waals surface area contributed by atoms with E-state index in [2.05, 4.69) is 15.9 Å². The molecule has 0 bridgehead atoms. The maximum Gasteiger partial charge on any atom is 0.358 e. The third-order valence-corrected chi connectivity index (χ3v) is 5.78. The number of halogens is 1. The average molecular weight is 512 g/mol. The molecule has 0 unspecified atom stereocenters. The summed E-state index contributed by atoms with van der Waals surface area (Å²) in [6, 6.07) is 14.1. The fourth-order valence-electron chi connectivity index (χ4n) is 3.74. The van der Waals surface area contributed by atoms with Crippen LogP contribution in [0.5, 0.6) is 17.2 Å². The second kappa shape index (κ2) is 8.67. The standard InChI is InChI=1S/C24H18BrNO7/c1-29-24(28)21-22(31-12-16-3-2-8-30-16)18-10-15(25)5-6-17(18)23(27)26(21)11-14-4-7-19-20(9-14)33-13-32-19/h2-10H,11-13H2,1H3. The lowest BCUT2D eigenvalue weighted by Gasteiger charge is -2.19. The molecule has 0 saturated carbocycles. The van der Waals surface area contributed by atoms with E-state index in [1.165, 1.54) is 17.9 Å². The van der Waals surface area contributed by atoms with Crippen LogP contribution in [-0.2, 0) is 17.9 Å². The number of nitrogens with zero attached hydrogens (tertiary/aromatic N) is 1. The van der Waals surface area contributed by atoms with Crippen molar-refractivity contribution in [2.24, 2.45) is 0 Å². The Labute approximate surface area is 196 Å². The van der Waals surface area contributed by atoms with E-state index in [1.807, 2.05) is 6.07 Å². The summed E-state index contributed by atoms with van der Waals surface area (Å²) in [5, 5.41) is 0.893. The Balaban J connectivity index is 1.69. The highest BCUT2D eigenvalue weighted by Gasteiger charge is 2.25. The van der Waals surface area contributed by atoms with Crippen molar-refractivity contribution in [3.8, 4) is 17.2 Å². The average Bonchev–Trinajstić information content (AvgIpc) is 3.51. The van der Waals surface area contributed by atoms with Gasteiger partial charge < -0.3 is 23.4 Å². The normalized spacial score (nSPS) is 12.2. The van der Waals surface area contributed by atoms with E-state index in [0.717, 1.165) is 10.0 Å². The first-order chi connectivity index (χ1) is 16.0. The summed E-state index contributed by atoms with van der Waals surface area (Å²) in [4.78, 5) is 26.4. The predicted octanol–water partition coefficient (Wildman–Crippen LogP) is 4.50. The van der Waals surface area contributed by atoms with Gasteiger partial charge in [0.05, 0.1) is 25.3 Å². The molecule has 2 aromatic carbocycles. The molecule has 5 rings (SSSR count). The number of hydrogen-bond acceptors (Lipinski definition) is 7. The predicted molar refractivity (Wildman–Crippen MR) is 122 cm³/mol. The molecule has 0 spiro atoms. The highest BCUT2D eigenvalue weighted by Crippen LogP contribution is 2.34.